The van der Waals surface area contributed by atoms with Gasteiger partial charge in [-0.3, -0.25) is 9.59 Å². The summed E-state index contributed by atoms with van der Waals surface area (Å²) in [6.45, 7) is 4.15. The van der Waals surface area contributed by atoms with E-state index in [-0.39, 0.29) is 17.9 Å². The van der Waals surface area contributed by atoms with Crippen LogP contribution in [0.3, 0.4) is 0 Å². The Morgan fingerprint density at radius 3 is 2.40 bits per heavy atom. The van der Waals surface area contributed by atoms with Crippen LogP contribution in [0.25, 0.3) is 10.8 Å². The highest BCUT2D eigenvalue weighted by molar-refractivity contribution is 6.06. The van der Waals surface area contributed by atoms with Gasteiger partial charge in [0.25, 0.3) is 5.56 Å². The number of hydrogen-bond acceptors (Lipinski definition) is 5. The van der Waals surface area contributed by atoms with Crippen LogP contribution in [0.5, 0.6) is 5.75 Å². The molecule has 156 valence electrons. The number of methoxy groups -OCH3 is 1. The number of nitrogens with zero attached hydrogens (tertiary/aromatic N) is 1. The molecule has 0 saturated heterocycles. The second kappa shape index (κ2) is 9.39. The topological polar surface area (TPSA) is 74.6 Å². The van der Waals surface area contributed by atoms with Crippen LogP contribution in [-0.4, -0.2) is 23.4 Å². The predicted octanol–water partition coefficient (Wildman–Crippen LogP) is 4.37. The zero-order chi connectivity index (χ0) is 21.7. The monoisotopic (exact) mass is 407 g/mol. The number of fused-ring (bicyclic) bond motifs is 1. The largest absolute Gasteiger partial charge is 0.497 e. The number of hydrogen-bond donors (Lipinski definition) is 0. The van der Waals surface area contributed by atoms with E-state index in [1.165, 1.54) is 6.92 Å². The summed E-state index contributed by atoms with van der Waals surface area (Å²) in [5.74, 6) is 0.0829. The van der Waals surface area contributed by atoms with Crippen LogP contribution < -0.4 is 10.3 Å². The van der Waals surface area contributed by atoms with Crippen molar-refractivity contribution in [3.05, 3.63) is 75.7 Å². The number of aryl methyl sites for hydroxylation is 1. The summed E-state index contributed by atoms with van der Waals surface area (Å²) in [7, 11) is 1.56. The molecule has 0 saturated carbocycles. The number of aromatic nitrogens is 1. The zero-order valence-electron chi connectivity index (χ0n) is 17.4. The second-order valence-corrected chi connectivity index (χ2v) is 7.14. The quantitative estimate of drug-likeness (QED) is 0.409. The molecule has 0 amide bonds. The van der Waals surface area contributed by atoms with Crippen molar-refractivity contribution < 1.29 is 19.1 Å². The van der Waals surface area contributed by atoms with Crippen LogP contribution in [0.15, 0.2) is 53.5 Å². The molecule has 0 radical (unpaired) electrons. The molecule has 30 heavy (non-hydrogen) atoms. The van der Waals surface area contributed by atoms with Crippen molar-refractivity contribution in [2.45, 2.75) is 39.8 Å². The SMILES string of the molecule is CCCCn1cc(C(C)=O)c2cc(COC(=O)c3ccc(OC)cc3)ccc2c1=O. The van der Waals surface area contributed by atoms with E-state index in [9.17, 15) is 14.4 Å². The number of carbonyl (C=O) groups is 2. The first-order valence-corrected chi connectivity index (χ1v) is 9.92. The fourth-order valence-electron chi connectivity index (χ4n) is 3.26. The number of rotatable bonds is 8. The van der Waals surface area contributed by atoms with Crippen LogP contribution in [-0.2, 0) is 17.9 Å². The van der Waals surface area contributed by atoms with Crippen molar-refractivity contribution in [2.75, 3.05) is 7.11 Å². The zero-order valence-corrected chi connectivity index (χ0v) is 17.4. The minimum Gasteiger partial charge on any atom is -0.497 e. The van der Waals surface area contributed by atoms with Gasteiger partial charge in [-0.15, -0.1) is 0 Å². The van der Waals surface area contributed by atoms with Crippen molar-refractivity contribution in [3.63, 3.8) is 0 Å². The average molecular weight is 407 g/mol. The van der Waals surface area contributed by atoms with Gasteiger partial charge >= 0.3 is 5.97 Å². The van der Waals surface area contributed by atoms with Gasteiger partial charge in [0.2, 0.25) is 0 Å². The van der Waals surface area contributed by atoms with E-state index in [1.807, 2.05) is 0 Å². The van der Waals surface area contributed by atoms with E-state index < -0.39 is 5.97 Å². The Labute approximate surface area is 175 Å². The summed E-state index contributed by atoms with van der Waals surface area (Å²) in [5, 5.41) is 1.07. The Bertz CT molecular complexity index is 1130. The smallest absolute Gasteiger partial charge is 0.338 e. The minimum atomic E-state index is -0.459. The Hall–Kier alpha value is -3.41. The van der Waals surface area contributed by atoms with Crippen molar-refractivity contribution in [2.24, 2.45) is 0 Å². The lowest BCUT2D eigenvalue weighted by Gasteiger charge is -2.12. The Morgan fingerprint density at radius 2 is 1.77 bits per heavy atom. The van der Waals surface area contributed by atoms with Crippen LogP contribution in [0.2, 0.25) is 0 Å². The van der Waals surface area contributed by atoms with Crippen molar-refractivity contribution in [1.82, 2.24) is 4.57 Å². The van der Waals surface area contributed by atoms with Crippen molar-refractivity contribution in [1.29, 1.82) is 0 Å². The first-order chi connectivity index (χ1) is 14.4. The molecule has 1 heterocycles. The number of carbonyl (C=O) groups excluding carboxylic acids is 2. The molecule has 3 rings (SSSR count). The maximum Gasteiger partial charge on any atom is 0.338 e. The van der Waals surface area contributed by atoms with E-state index in [0.29, 0.717) is 39.8 Å². The molecule has 3 aromatic rings. The van der Waals surface area contributed by atoms with Gasteiger partial charge in [-0.2, -0.15) is 0 Å². The molecule has 0 spiro atoms. The number of esters is 1. The van der Waals surface area contributed by atoms with Crippen LogP contribution in [0.4, 0.5) is 0 Å². The predicted molar refractivity (Wildman–Crippen MR) is 115 cm³/mol. The maximum atomic E-state index is 12.8. The van der Waals surface area contributed by atoms with Gasteiger partial charge in [0.15, 0.2) is 5.78 Å². The molecule has 0 N–H and O–H groups in total. The Morgan fingerprint density at radius 1 is 1.03 bits per heavy atom. The van der Waals surface area contributed by atoms with Crippen molar-refractivity contribution in [3.8, 4) is 5.75 Å². The van der Waals surface area contributed by atoms with Gasteiger partial charge in [0, 0.05) is 23.7 Å². The maximum absolute atomic E-state index is 12.8. The normalized spacial score (nSPS) is 10.8. The lowest BCUT2D eigenvalue weighted by Crippen LogP contribution is -2.22. The molecule has 0 fully saturated rings. The third-order valence-corrected chi connectivity index (χ3v) is 4.98. The van der Waals surface area contributed by atoms with Gasteiger partial charge in [-0.1, -0.05) is 19.4 Å². The summed E-state index contributed by atoms with van der Waals surface area (Å²) in [4.78, 5) is 37.3. The third kappa shape index (κ3) is 4.59. The van der Waals surface area contributed by atoms with E-state index in [4.69, 9.17) is 9.47 Å². The molecular weight excluding hydrogens is 382 g/mol. The summed E-state index contributed by atoms with van der Waals surface area (Å²) in [6.07, 6.45) is 3.45. The summed E-state index contributed by atoms with van der Waals surface area (Å²) < 4.78 is 12.1. The van der Waals surface area contributed by atoms with Crippen LogP contribution >= 0.6 is 0 Å². The van der Waals surface area contributed by atoms with Crippen LogP contribution in [0, 0.1) is 0 Å². The summed E-state index contributed by atoms with van der Waals surface area (Å²) >= 11 is 0. The van der Waals surface area contributed by atoms with Crippen molar-refractivity contribution >= 4 is 22.5 Å². The molecule has 6 heteroatoms. The molecule has 0 aliphatic carbocycles. The summed E-state index contributed by atoms with van der Waals surface area (Å²) in [6, 6.07) is 11.8. The first-order valence-electron chi connectivity index (χ1n) is 9.92. The molecule has 0 aliphatic heterocycles. The molecule has 0 aliphatic rings. The van der Waals surface area contributed by atoms with E-state index >= 15 is 0 Å². The highest BCUT2D eigenvalue weighted by Gasteiger charge is 2.14. The average Bonchev–Trinajstić information content (AvgIpc) is 2.76. The van der Waals surface area contributed by atoms with Gasteiger partial charge in [0.05, 0.1) is 12.7 Å². The molecule has 0 atom stereocenters. The fraction of sp³-hybridized carbons (Fsp3) is 0.292. The van der Waals surface area contributed by atoms with Gasteiger partial charge in [-0.05, 0) is 60.7 Å². The Kier molecular flexibility index (Phi) is 6.67. The molecule has 2 aromatic carbocycles. The van der Waals surface area contributed by atoms with E-state index in [0.717, 1.165) is 12.8 Å². The van der Waals surface area contributed by atoms with E-state index in [2.05, 4.69) is 6.92 Å². The minimum absolute atomic E-state index is 0.0388. The lowest BCUT2D eigenvalue weighted by atomic mass is 10.0. The fourth-order valence-corrected chi connectivity index (χ4v) is 3.26. The number of Topliss-reactive ketones (excluding diaryl/α,β-unsaturated/α-hetero) is 1. The lowest BCUT2D eigenvalue weighted by molar-refractivity contribution is 0.0472. The van der Waals surface area contributed by atoms with E-state index in [1.54, 1.807) is 60.3 Å². The van der Waals surface area contributed by atoms with Crippen LogP contribution in [0.1, 0.15) is 53.0 Å². The second-order valence-electron chi connectivity index (χ2n) is 7.14. The molecular formula is C24H25NO5. The first kappa shape index (κ1) is 21.3. The third-order valence-electron chi connectivity index (χ3n) is 4.98. The highest BCUT2D eigenvalue weighted by atomic mass is 16.5. The number of ether oxygens (including phenoxy) is 2. The standard InChI is InChI=1S/C24H25NO5/c1-4-5-12-25-14-22(16(2)26)21-13-17(6-11-20(21)23(25)27)15-30-24(28)18-7-9-19(29-3)10-8-18/h6-11,13-14H,4-5,12,15H2,1-3H3. The van der Waals surface area contributed by atoms with Gasteiger partial charge in [-0.25, -0.2) is 4.79 Å². The molecule has 6 nitrogen and oxygen atoms in total. The highest BCUT2D eigenvalue weighted by Crippen LogP contribution is 2.20. The number of pyridine rings is 1. The molecule has 0 unspecified atom stereocenters. The summed E-state index contributed by atoms with van der Waals surface area (Å²) in [5.41, 5.74) is 1.49. The number of unbranched alkanes of at least 4 members (excludes halogenated alkanes) is 1. The molecule has 0 bridgehead atoms. The Balaban J connectivity index is 1.86. The van der Waals surface area contributed by atoms with Gasteiger partial charge in [0.1, 0.15) is 12.4 Å². The molecule has 1 aromatic heterocycles. The number of benzene rings is 2. The number of ketones is 1. The van der Waals surface area contributed by atoms with Gasteiger partial charge < -0.3 is 14.0 Å².